The Bertz CT molecular complexity index is 412. The van der Waals surface area contributed by atoms with Crippen LogP contribution in [0.15, 0.2) is 11.9 Å². The number of hydrogen-bond acceptors (Lipinski definition) is 2. The third-order valence-corrected chi connectivity index (χ3v) is 5.96. The molecule has 2 aliphatic carbocycles. The topological polar surface area (TPSA) is 33.0 Å². The maximum Gasteiger partial charge on any atom is 0.196 e. The molecular weight excluding hydrogens is 301 g/mol. The summed E-state index contributed by atoms with van der Waals surface area (Å²) in [5.41, 5.74) is 0. The highest BCUT2D eigenvalue weighted by molar-refractivity contribution is 5.13. The molecule has 0 unspecified atom stereocenters. The predicted octanol–water partition coefficient (Wildman–Crippen LogP) is 6.33. The maximum absolute atomic E-state index is 13.0. The lowest BCUT2D eigenvalue weighted by atomic mass is 9.80. The van der Waals surface area contributed by atoms with Crippen LogP contribution in [0, 0.1) is 29.1 Å². The molecule has 0 bridgehead atoms. The molecule has 0 aromatic carbocycles. The average Bonchev–Trinajstić information content (AvgIpc) is 2.62. The van der Waals surface area contributed by atoms with Gasteiger partial charge in [0, 0.05) is 6.61 Å². The van der Waals surface area contributed by atoms with Gasteiger partial charge in [-0.15, -0.1) is 0 Å². The maximum atomic E-state index is 13.0. The predicted molar refractivity (Wildman–Crippen MR) is 96.1 cm³/mol. The molecule has 24 heavy (non-hydrogen) atoms. The van der Waals surface area contributed by atoms with E-state index < -0.39 is 5.83 Å². The lowest BCUT2D eigenvalue weighted by Crippen LogP contribution is -2.25. The number of nitriles is 1. The first-order valence-electron chi connectivity index (χ1n) is 10.1. The molecule has 0 spiro atoms. The molecule has 0 aromatic rings. The molecule has 2 rings (SSSR count). The van der Waals surface area contributed by atoms with Crippen LogP contribution in [0.5, 0.6) is 0 Å². The molecule has 0 amide bonds. The van der Waals surface area contributed by atoms with Crippen LogP contribution >= 0.6 is 0 Å². The van der Waals surface area contributed by atoms with Crippen molar-refractivity contribution in [3.63, 3.8) is 0 Å². The normalized spacial score (nSPS) is 31.6. The summed E-state index contributed by atoms with van der Waals surface area (Å²) in [7, 11) is 0. The summed E-state index contributed by atoms with van der Waals surface area (Å²) in [6.07, 6.45) is 16.8. The van der Waals surface area contributed by atoms with E-state index >= 15 is 0 Å². The van der Waals surface area contributed by atoms with Crippen molar-refractivity contribution < 1.29 is 9.13 Å². The van der Waals surface area contributed by atoms with Crippen molar-refractivity contribution in [1.82, 2.24) is 0 Å². The minimum absolute atomic E-state index is 0.225. The molecule has 2 saturated carbocycles. The Morgan fingerprint density at radius 2 is 1.71 bits per heavy atom. The van der Waals surface area contributed by atoms with E-state index in [2.05, 4.69) is 6.92 Å². The van der Waals surface area contributed by atoms with Crippen molar-refractivity contribution in [3.8, 4) is 6.07 Å². The van der Waals surface area contributed by atoms with Gasteiger partial charge in [0.2, 0.25) is 0 Å². The Morgan fingerprint density at radius 1 is 1.04 bits per heavy atom. The molecule has 0 N–H and O–H groups in total. The molecule has 0 aromatic heterocycles. The van der Waals surface area contributed by atoms with Gasteiger partial charge >= 0.3 is 0 Å². The van der Waals surface area contributed by atoms with Crippen LogP contribution in [-0.2, 0) is 4.74 Å². The Labute approximate surface area is 147 Å². The lowest BCUT2D eigenvalue weighted by Gasteiger charge is -2.31. The van der Waals surface area contributed by atoms with Gasteiger partial charge in [-0.05, 0) is 62.4 Å². The second kappa shape index (κ2) is 10.9. The van der Waals surface area contributed by atoms with Crippen LogP contribution in [-0.4, -0.2) is 12.7 Å². The quantitative estimate of drug-likeness (QED) is 0.384. The Morgan fingerprint density at radius 3 is 2.33 bits per heavy atom. The Kier molecular flexibility index (Phi) is 8.81. The molecule has 0 atom stereocenters. The summed E-state index contributed by atoms with van der Waals surface area (Å²) in [6.45, 7) is 3.19. The minimum atomic E-state index is -0.630. The fourth-order valence-electron chi connectivity index (χ4n) is 4.31. The van der Waals surface area contributed by atoms with Crippen LogP contribution < -0.4 is 0 Å². The van der Waals surface area contributed by atoms with E-state index in [1.54, 1.807) is 6.07 Å². The highest BCUT2D eigenvalue weighted by Crippen LogP contribution is 2.33. The molecule has 0 aliphatic heterocycles. The van der Waals surface area contributed by atoms with E-state index in [9.17, 15) is 4.39 Å². The second-order valence-electron chi connectivity index (χ2n) is 7.88. The monoisotopic (exact) mass is 335 g/mol. The largest absolute Gasteiger partial charge is 0.378 e. The first kappa shape index (κ1) is 19.4. The standard InChI is InChI=1S/C21H34FNO/c1-2-3-4-5-17-6-8-19(9-7-17)16-24-21-12-10-18(11-13-21)14-20(22)15-23/h14,17-19,21H,2-13,16H2,1H3. The van der Waals surface area contributed by atoms with Crippen molar-refractivity contribution >= 4 is 0 Å². The number of ether oxygens (including phenoxy) is 1. The zero-order chi connectivity index (χ0) is 17.2. The van der Waals surface area contributed by atoms with Gasteiger partial charge in [-0.25, -0.2) is 0 Å². The van der Waals surface area contributed by atoms with Gasteiger partial charge in [-0.1, -0.05) is 45.4 Å². The van der Waals surface area contributed by atoms with E-state index in [1.807, 2.05) is 0 Å². The first-order chi connectivity index (χ1) is 11.7. The lowest BCUT2D eigenvalue weighted by molar-refractivity contribution is -0.00672. The summed E-state index contributed by atoms with van der Waals surface area (Å²) < 4.78 is 19.2. The third-order valence-electron chi connectivity index (χ3n) is 5.96. The molecule has 0 saturated heterocycles. The molecule has 0 heterocycles. The smallest absolute Gasteiger partial charge is 0.196 e. The summed E-state index contributed by atoms with van der Waals surface area (Å²) >= 11 is 0. The van der Waals surface area contributed by atoms with Crippen LogP contribution in [0.1, 0.15) is 84.0 Å². The first-order valence-corrected chi connectivity index (χ1v) is 10.1. The van der Waals surface area contributed by atoms with Crippen LogP contribution in [0.2, 0.25) is 0 Å². The SMILES string of the molecule is CCCCCC1CCC(COC2CCC(C=C(F)C#N)CC2)CC1. The highest BCUT2D eigenvalue weighted by atomic mass is 19.1. The van der Waals surface area contributed by atoms with E-state index in [0.29, 0.717) is 6.10 Å². The summed E-state index contributed by atoms with van der Waals surface area (Å²) in [6, 6.07) is 1.57. The Balaban J connectivity index is 1.56. The van der Waals surface area contributed by atoms with Crippen molar-refractivity contribution in [1.29, 1.82) is 5.26 Å². The number of hydrogen-bond donors (Lipinski definition) is 0. The zero-order valence-corrected chi connectivity index (χ0v) is 15.3. The number of halogens is 1. The van der Waals surface area contributed by atoms with Crippen molar-refractivity contribution in [2.75, 3.05) is 6.61 Å². The van der Waals surface area contributed by atoms with Gasteiger partial charge in [-0.2, -0.15) is 9.65 Å². The van der Waals surface area contributed by atoms with Crippen molar-refractivity contribution in [3.05, 3.63) is 11.9 Å². The highest BCUT2D eigenvalue weighted by Gasteiger charge is 2.24. The molecule has 136 valence electrons. The van der Waals surface area contributed by atoms with E-state index in [1.165, 1.54) is 57.4 Å². The summed E-state index contributed by atoms with van der Waals surface area (Å²) in [5.74, 6) is 1.31. The number of nitrogens with zero attached hydrogens (tertiary/aromatic N) is 1. The van der Waals surface area contributed by atoms with E-state index in [-0.39, 0.29) is 5.92 Å². The van der Waals surface area contributed by atoms with E-state index in [4.69, 9.17) is 10.00 Å². The van der Waals surface area contributed by atoms with Gasteiger partial charge < -0.3 is 4.74 Å². The van der Waals surface area contributed by atoms with Gasteiger partial charge in [0.25, 0.3) is 0 Å². The van der Waals surface area contributed by atoms with E-state index in [0.717, 1.165) is 44.1 Å². The minimum Gasteiger partial charge on any atom is -0.378 e. The van der Waals surface area contributed by atoms with Crippen LogP contribution in [0.25, 0.3) is 0 Å². The number of allylic oxidation sites excluding steroid dienone is 2. The van der Waals surface area contributed by atoms with Gasteiger partial charge in [0.1, 0.15) is 6.07 Å². The molecule has 2 fully saturated rings. The Hall–Kier alpha value is -0.880. The molecule has 3 heteroatoms. The van der Waals surface area contributed by atoms with Crippen LogP contribution in [0.4, 0.5) is 4.39 Å². The summed E-state index contributed by atoms with van der Waals surface area (Å²) in [5, 5.41) is 8.51. The fraction of sp³-hybridized carbons (Fsp3) is 0.857. The second-order valence-corrected chi connectivity index (χ2v) is 7.88. The van der Waals surface area contributed by atoms with Gasteiger partial charge in [0.15, 0.2) is 5.83 Å². The van der Waals surface area contributed by atoms with Crippen LogP contribution in [0.3, 0.4) is 0 Å². The third kappa shape index (κ3) is 6.93. The summed E-state index contributed by atoms with van der Waals surface area (Å²) in [4.78, 5) is 0. The molecule has 2 nitrogen and oxygen atoms in total. The van der Waals surface area contributed by atoms with Gasteiger partial charge in [-0.3, -0.25) is 0 Å². The fourth-order valence-corrected chi connectivity index (χ4v) is 4.31. The van der Waals surface area contributed by atoms with Crippen molar-refractivity contribution in [2.45, 2.75) is 90.1 Å². The van der Waals surface area contributed by atoms with Gasteiger partial charge in [0.05, 0.1) is 6.10 Å². The molecule has 0 radical (unpaired) electrons. The average molecular weight is 336 g/mol. The van der Waals surface area contributed by atoms with Crippen molar-refractivity contribution in [2.24, 2.45) is 17.8 Å². The zero-order valence-electron chi connectivity index (χ0n) is 15.3. The number of unbranched alkanes of at least 4 members (excludes halogenated alkanes) is 2. The molecular formula is C21H34FNO. The molecule has 2 aliphatic rings. The number of rotatable bonds is 8.